The molecule has 0 amide bonds. The summed E-state index contributed by atoms with van der Waals surface area (Å²) in [5, 5.41) is 15.7. The number of para-hydroxylation sites is 3. The largest absolute Gasteiger partial charge is 0.246 e. The number of hydrogen-bond donors (Lipinski definition) is 0. The van der Waals surface area contributed by atoms with E-state index in [0.29, 0.717) is 0 Å². The van der Waals surface area contributed by atoms with Crippen molar-refractivity contribution in [3.8, 4) is 0 Å². The molecular weight excluding hydrogens is 537 g/mol. The summed E-state index contributed by atoms with van der Waals surface area (Å²) in [6, 6.07) is 32.3. The predicted molar refractivity (Wildman–Crippen MR) is 180 cm³/mol. The molecule has 0 aromatic heterocycles. The van der Waals surface area contributed by atoms with Crippen LogP contribution in [0.1, 0.15) is 20.8 Å². The molecule has 0 radical (unpaired) electrons. The lowest BCUT2D eigenvalue weighted by Crippen LogP contribution is -2.30. The standard InChI is InChI=1S/C30H33N6P3/c1-25-19-37(34(31-25)28-13-7-4-8-14-28)22-38(20-26(2)32-35(38)29-15-9-5-10-16-29)24-39(23-37)21-27(3)33-36(39)30-17-11-6-12-18-30/h4-21H,22-24H2,1-3H3. The SMILES string of the molecule is CC1=NN(c2ccccc2)P2(=C1)CP1(=CC(C)=NN1c1ccccc1)CP1(=CC(C)=NN1c1ccccc1)C2. The fourth-order valence-electron chi connectivity index (χ4n) is 6.56. The summed E-state index contributed by atoms with van der Waals surface area (Å²) in [6.45, 7) is 6.50. The van der Waals surface area contributed by atoms with Gasteiger partial charge in [-0.25, -0.2) is 14.3 Å². The molecular formula is C30H33N6P3. The molecule has 3 spiro atoms. The summed E-state index contributed by atoms with van der Waals surface area (Å²) in [5.41, 5.74) is 6.92. The highest BCUT2D eigenvalue weighted by Crippen LogP contribution is 2.84. The zero-order valence-corrected chi connectivity index (χ0v) is 25.2. The van der Waals surface area contributed by atoms with Crippen molar-refractivity contribution in [3.63, 3.8) is 0 Å². The van der Waals surface area contributed by atoms with Crippen LogP contribution in [0.2, 0.25) is 0 Å². The van der Waals surface area contributed by atoms with E-state index in [0.717, 1.165) is 34.8 Å². The highest BCUT2D eigenvalue weighted by Gasteiger charge is 2.52. The molecule has 198 valence electrons. The Labute approximate surface area is 231 Å². The lowest BCUT2D eigenvalue weighted by molar-refractivity contribution is 1.15. The highest BCUT2D eigenvalue weighted by atomic mass is 31.3. The van der Waals surface area contributed by atoms with Gasteiger partial charge in [0.15, 0.2) is 0 Å². The first-order chi connectivity index (χ1) is 18.9. The number of rotatable bonds is 3. The number of hydrazone groups is 3. The Kier molecular flexibility index (Phi) is 5.94. The second kappa shape index (κ2) is 9.27. The van der Waals surface area contributed by atoms with Crippen molar-refractivity contribution in [2.75, 3.05) is 32.0 Å². The number of anilines is 3. The molecule has 1 saturated heterocycles. The maximum atomic E-state index is 5.22. The van der Waals surface area contributed by atoms with Crippen LogP contribution >= 0.6 is 21.1 Å². The van der Waals surface area contributed by atoms with Gasteiger partial charge in [-0.1, -0.05) is 54.6 Å². The maximum Gasteiger partial charge on any atom is 0.0634 e. The van der Waals surface area contributed by atoms with Crippen LogP contribution in [0, 0.1) is 0 Å². The Bertz CT molecular complexity index is 1490. The predicted octanol–water partition coefficient (Wildman–Crippen LogP) is 7.77. The van der Waals surface area contributed by atoms with Gasteiger partial charge >= 0.3 is 0 Å². The lowest BCUT2D eigenvalue weighted by Gasteiger charge is -2.51. The van der Waals surface area contributed by atoms with Crippen molar-refractivity contribution < 1.29 is 0 Å². The quantitative estimate of drug-likeness (QED) is 0.303. The Hall–Kier alpha value is -3.03. The van der Waals surface area contributed by atoms with Crippen LogP contribution in [0.5, 0.6) is 0 Å². The van der Waals surface area contributed by atoms with Gasteiger partial charge in [-0.3, -0.25) is 0 Å². The van der Waals surface area contributed by atoms with Gasteiger partial charge in [0.25, 0.3) is 0 Å². The third-order valence-corrected chi connectivity index (χ3v) is 25.1. The maximum absolute atomic E-state index is 5.22. The van der Waals surface area contributed by atoms with Crippen LogP contribution < -0.4 is 14.3 Å². The molecule has 0 atom stereocenters. The van der Waals surface area contributed by atoms with Gasteiger partial charge in [-0.05, 0) is 74.6 Å². The van der Waals surface area contributed by atoms with Gasteiger partial charge in [0.1, 0.15) is 0 Å². The minimum absolute atomic E-state index is 1.10. The molecule has 7 rings (SSSR count). The second-order valence-corrected chi connectivity index (χ2v) is 22.1. The second-order valence-electron chi connectivity index (χ2n) is 10.9. The van der Waals surface area contributed by atoms with E-state index >= 15 is 0 Å². The van der Waals surface area contributed by atoms with Crippen LogP contribution in [0.25, 0.3) is 0 Å². The molecule has 0 aliphatic carbocycles. The molecule has 0 unspecified atom stereocenters. The molecule has 4 aliphatic rings. The first-order valence-electron chi connectivity index (χ1n) is 13.3. The van der Waals surface area contributed by atoms with Gasteiger partial charge in [0.2, 0.25) is 0 Å². The van der Waals surface area contributed by atoms with Gasteiger partial charge in [-0.2, -0.15) is 15.3 Å². The molecule has 0 N–H and O–H groups in total. The van der Waals surface area contributed by atoms with Gasteiger partial charge in [0, 0.05) is 38.8 Å². The minimum atomic E-state index is -1.92. The molecule has 3 aromatic rings. The third kappa shape index (κ3) is 4.13. The topological polar surface area (TPSA) is 46.8 Å². The fraction of sp³-hybridized carbons (Fsp3) is 0.200. The van der Waals surface area contributed by atoms with E-state index in [1.54, 1.807) is 0 Å². The fourth-order valence-corrected chi connectivity index (χ4v) is 30.4. The van der Waals surface area contributed by atoms with E-state index in [1.165, 1.54) is 17.1 Å². The first kappa shape index (κ1) is 25.0. The highest BCUT2D eigenvalue weighted by molar-refractivity contribution is 8.08. The third-order valence-electron chi connectivity index (χ3n) is 7.60. The van der Waals surface area contributed by atoms with E-state index in [2.05, 4.69) is 143 Å². The Morgan fingerprint density at radius 2 is 0.692 bits per heavy atom. The number of hydrogen-bond acceptors (Lipinski definition) is 6. The molecule has 1 fully saturated rings. The molecule has 0 bridgehead atoms. The smallest absolute Gasteiger partial charge is 0.0634 e. The summed E-state index contributed by atoms with van der Waals surface area (Å²) in [6.07, 6.45) is 0. The first-order valence-corrected chi connectivity index (χ1v) is 19.9. The van der Waals surface area contributed by atoms with Gasteiger partial charge in [-0.15, -0.1) is 0 Å². The van der Waals surface area contributed by atoms with Crippen molar-refractivity contribution >= 4 is 72.7 Å². The van der Waals surface area contributed by atoms with Crippen LogP contribution in [0.3, 0.4) is 0 Å². The number of nitrogens with zero attached hydrogens (tertiary/aromatic N) is 6. The summed E-state index contributed by atoms with van der Waals surface area (Å²) in [7, 11) is -5.75. The average molecular weight is 571 g/mol. The molecule has 0 saturated carbocycles. The van der Waals surface area contributed by atoms with Crippen molar-refractivity contribution in [2.24, 2.45) is 15.3 Å². The van der Waals surface area contributed by atoms with Gasteiger partial charge in [0.05, 0.1) is 34.2 Å². The minimum Gasteiger partial charge on any atom is -0.246 e. The zero-order valence-electron chi connectivity index (χ0n) is 22.5. The zero-order chi connectivity index (χ0) is 26.7. The summed E-state index contributed by atoms with van der Waals surface area (Å²) >= 11 is 0. The molecule has 6 nitrogen and oxygen atoms in total. The van der Waals surface area contributed by atoms with Crippen molar-refractivity contribution in [3.05, 3.63) is 91.0 Å². The summed E-state index contributed by atoms with van der Waals surface area (Å²) in [5.74, 6) is 11.0. The Morgan fingerprint density at radius 1 is 0.436 bits per heavy atom. The normalized spacial score (nSPS) is 29.3. The van der Waals surface area contributed by atoms with Crippen LogP contribution in [0.15, 0.2) is 106 Å². The van der Waals surface area contributed by atoms with Crippen LogP contribution in [0.4, 0.5) is 17.1 Å². The van der Waals surface area contributed by atoms with E-state index in [1.807, 2.05) is 0 Å². The van der Waals surface area contributed by atoms with Crippen molar-refractivity contribution in [1.29, 1.82) is 0 Å². The Balaban J connectivity index is 1.48. The van der Waals surface area contributed by atoms with Crippen LogP contribution in [-0.2, 0) is 0 Å². The molecule has 39 heavy (non-hydrogen) atoms. The number of benzene rings is 3. The monoisotopic (exact) mass is 570 g/mol. The molecule has 9 heteroatoms. The average Bonchev–Trinajstić information content (AvgIpc) is 3.53. The van der Waals surface area contributed by atoms with Crippen molar-refractivity contribution in [2.45, 2.75) is 20.8 Å². The Morgan fingerprint density at radius 3 is 0.949 bits per heavy atom. The van der Waals surface area contributed by atoms with Gasteiger partial charge < -0.3 is 0 Å². The van der Waals surface area contributed by atoms with E-state index in [-0.39, 0.29) is 0 Å². The summed E-state index contributed by atoms with van der Waals surface area (Å²) in [4.78, 5) is 0. The summed E-state index contributed by atoms with van der Waals surface area (Å²) < 4.78 is 7.29. The van der Waals surface area contributed by atoms with E-state index in [9.17, 15) is 0 Å². The molecule has 4 heterocycles. The van der Waals surface area contributed by atoms with Crippen molar-refractivity contribution in [1.82, 2.24) is 0 Å². The molecule has 4 aliphatic heterocycles. The lowest BCUT2D eigenvalue weighted by atomic mass is 10.3. The van der Waals surface area contributed by atoms with E-state index in [4.69, 9.17) is 15.3 Å². The van der Waals surface area contributed by atoms with E-state index < -0.39 is 21.1 Å². The molecule has 3 aromatic carbocycles. The van der Waals surface area contributed by atoms with Crippen LogP contribution in [-0.4, -0.2) is 52.2 Å².